The maximum Gasteiger partial charge on any atom is 0.343 e. The number of pyridine rings is 2. The van der Waals surface area contributed by atoms with Gasteiger partial charge in [0.1, 0.15) is 12.7 Å². The molecule has 7 rings (SSSR count). The Morgan fingerprint density at radius 2 is 1.95 bits per heavy atom. The Kier molecular flexibility index (Phi) is 4.99. The summed E-state index contributed by atoms with van der Waals surface area (Å²) in [5, 5.41) is 14.7. The van der Waals surface area contributed by atoms with E-state index in [0.717, 1.165) is 0 Å². The van der Waals surface area contributed by atoms with Gasteiger partial charge in [-0.15, -0.1) is 0 Å². The summed E-state index contributed by atoms with van der Waals surface area (Å²) in [6.45, 7) is 6.48. The molecule has 0 spiro atoms. The Bertz CT molecular complexity index is 1910. The van der Waals surface area contributed by atoms with Crippen LogP contribution in [-0.2, 0) is 44.4 Å². The van der Waals surface area contributed by atoms with Crippen LogP contribution in [0.5, 0.6) is 11.5 Å². The summed E-state index contributed by atoms with van der Waals surface area (Å²) in [6.07, 6.45) is -5.93. The number of benzene rings is 1. The van der Waals surface area contributed by atoms with Crippen LogP contribution in [0.3, 0.4) is 0 Å². The van der Waals surface area contributed by atoms with Crippen molar-refractivity contribution in [3.63, 3.8) is 0 Å². The van der Waals surface area contributed by atoms with Gasteiger partial charge < -0.3 is 33.9 Å². The van der Waals surface area contributed by atoms with Gasteiger partial charge in [0.2, 0.25) is 12.7 Å². The molecule has 3 aromatic rings. The minimum Gasteiger partial charge on any atom is -0.458 e. The van der Waals surface area contributed by atoms with Crippen LogP contribution in [0, 0.1) is 5.92 Å². The number of amides is 1. The summed E-state index contributed by atoms with van der Waals surface area (Å²) in [5.41, 5.74) is -0.443. The third-order valence-electron chi connectivity index (χ3n) is 8.09. The highest BCUT2D eigenvalue weighted by atomic mass is 16.7. The first-order valence-corrected chi connectivity index (χ1v) is 13.9. The van der Waals surface area contributed by atoms with Crippen molar-refractivity contribution in [2.24, 2.45) is 5.92 Å². The number of fused-ring (bicyclic) bond motifs is 6. The standard InChI is InChI=1S/C31H33N3O8/c1-5-31(38)20-9-22-25-18(12-34(22)28(36)19(20)13-39-29(31)37)17(16-8-23-24(41-14-40-23)10-21(16)33-25)11-32-27(35)26(15-6-7-15)42-30(2,3)4/h8-10,15,26,38H,5-7,11-14H2,1-4H3,(H,32,35)/t26?,31-/m0/s1/i6D2,7D2. The molecule has 42 heavy (non-hydrogen) atoms. The predicted molar refractivity (Wildman–Crippen MR) is 150 cm³/mol. The molecule has 0 radical (unpaired) electrons. The van der Waals surface area contributed by atoms with Gasteiger partial charge in [0.25, 0.3) is 5.56 Å². The summed E-state index contributed by atoms with van der Waals surface area (Å²) in [4.78, 5) is 45.0. The normalized spacial score (nSPS) is 24.8. The zero-order valence-electron chi connectivity index (χ0n) is 27.6. The maximum atomic E-state index is 13.8. The van der Waals surface area contributed by atoms with Gasteiger partial charge in [-0.05, 0) is 63.6 Å². The number of nitrogens with one attached hydrogen (secondary N) is 1. The van der Waals surface area contributed by atoms with E-state index in [1.54, 1.807) is 45.9 Å². The Labute approximate surface area is 247 Å². The lowest BCUT2D eigenvalue weighted by Crippen LogP contribution is -2.44. The van der Waals surface area contributed by atoms with Crippen LogP contribution in [0.2, 0.25) is 0 Å². The molecule has 0 bridgehead atoms. The van der Waals surface area contributed by atoms with E-state index in [1.165, 1.54) is 4.57 Å². The summed E-state index contributed by atoms with van der Waals surface area (Å²) in [6, 6.07) is 5.04. The fraction of sp³-hybridized carbons (Fsp3) is 0.484. The van der Waals surface area contributed by atoms with Gasteiger partial charge in [-0.1, -0.05) is 6.92 Å². The van der Waals surface area contributed by atoms with Gasteiger partial charge in [-0.25, -0.2) is 9.78 Å². The maximum absolute atomic E-state index is 13.8. The van der Waals surface area contributed by atoms with Crippen LogP contribution in [0.4, 0.5) is 0 Å². The lowest BCUT2D eigenvalue weighted by atomic mass is 9.86. The molecule has 4 aliphatic rings. The second kappa shape index (κ2) is 9.27. The van der Waals surface area contributed by atoms with Crippen molar-refractivity contribution in [2.45, 2.75) is 83.9 Å². The number of hydrogen-bond acceptors (Lipinski definition) is 9. The molecular formula is C31H33N3O8. The number of ether oxygens (including phenoxy) is 4. The second-order valence-corrected chi connectivity index (χ2v) is 11.9. The minimum absolute atomic E-state index is 0.00482. The number of esters is 1. The van der Waals surface area contributed by atoms with E-state index < -0.39 is 53.4 Å². The first-order valence-electron chi connectivity index (χ1n) is 15.9. The van der Waals surface area contributed by atoms with E-state index in [9.17, 15) is 19.5 Å². The van der Waals surface area contributed by atoms with Crippen molar-refractivity contribution in [1.29, 1.82) is 0 Å². The lowest BCUT2D eigenvalue weighted by Gasteiger charge is -2.31. The molecule has 1 aromatic carbocycles. The van der Waals surface area contributed by atoms with E-state index in [1.807, 2.05) is 0 Å². The Balaban J connectivity index is 1.33. The van der Waals surface area contributed by atoms with E-state index in [4.69, 9.17) is 29.4 Å². The molecule has 11 heteroatoms. The van der Waals surface area contributed by atoms with Crippen LogP contribution in [0.15, 0.2) is 23.0 Å². The van der Waals surface area contributed by atoms with Gasteiger partial charge in [0.15, 0.2) is 17.1 Å². The molecule has 5 heterocycles. The molecule has 1 aliphatic carbocycles. The molecule has 2 aromatic heterocycles. The largest absolute Gasteiger partial charge is 0.458 e. The SMILES string of the molecule is [2H]C1([2H])C(C(OC(C)(C)C)C(=O)NCc2c3c(nc4cc5c(cc24)OCO5)-c2cc4c(c(=O)n2C3)COC(=O)[C@]4(O)CC)C1([2H])[2H]. The van der Waals surface area contributed by atoms with Gasteiger partial charge in [-0.3, -0.25) is 9.59 Å². The molecule has 1 saturated carbocycles. The molecule has 0 saturated heterocycles. The highest BCUT2D eigenvalue weighted by molar-refractivity contribution is 5.92. The van der Waals surface area contributed by atoms with Crippen LogP contribution in [0.1, 0.15) is 74.6 Å². The van der Waals surface area contributed by atoms with Gasteiger partial charge in [0.05, 0.1) is 34.6 Å². The summed E-state index contributed by atoms with van der Waals surface area (Å²) < 4.78 is 56.4. The average molecular weight is 580 g/mol. The molecule has 1 amide bonds. The fourth-order valence-corrected chi connectivity index (χ4v) is 5.88. The van der Waals surface area contributed by atoms with Gasteiger partial charge in [0, 0.05) is 34.6 Å². The number of rotatable bonds is 6. The third kappa shape index (κ3) is 4.17. The predicted octanol–water partition coefficient (Wildman–Crippen LogP) is 3.02. The van der Waals surface area contributed by atoms with E-state index >= 15 is 0 Å². The lowest BCUT2D eigenvalue weighted by molar-refractivity contribution is -0.172. The topological polar surface area (TPSA) is 138 Å². The van der Waals surface area contributed by atoms with Gasteiger partial charge >= 0.3 is 5.97 Å². The van der Waals surface area contributed by atoms with Gasteiger partial charge in [-0.2, -0.15) is 0 Å². The Morgan fingerprint density at radius 1 is 1.21 bits per heavy atom. The van der Waals surface area contributed by atoms with Crippen molar-refractivity contribution in [3.8, 4) is 22.9 Å². The van der Waals surface area contributed by atoms with E-state index in [-0.39, 0.29) is 44.0 Å². The zero-order chi connectivity index (χ0) is 33.1. The van der Waals surface area contributed by atoms with Crippen molar-refractivity contribution in [1.82, 2.24) is 14.9 Å². The molecule has 11 nitrogen and oxygen atoms in total. The van der Waals surface area contributed by atoms with Crippen molar-refractivity contribution in [2.75, 3.05) is 6.79 Å². The van der Waals surface area contributed by atoms with Crippen molar-refractivity contribution >= 4 is 22.8 Å². The number of carbonyl (C=O) groups is 2. The molecular weight excluding hydrogens is 542 g/mol. The quantitative estimate of drug-likeness (QED) is 0.330. The number of aliphatic hydroxyl groups is 1. The Hall–Kier alpha value is -3.96. The molecule has 2 atom stereocenters. The first kappa shape index (κ1) is 22.6. The van der Waals surface area contributed by atoms with Crippen molar-refractivity contribution in [3.05, 3.63) is 50.8 Å². The monoisotopic (exact) mass is 579 g/mol. The summed E-state index contributed by atoms with van der Waals surface area (Å²) in [5.74, 6) is -1.89. The van der Waals surface area contributed by atoms with Crippen LogP contribution in [0.25, 0.3) is 22.3 Å². The minimum atomic E-state index is -2.25. The summed E-state index contributed by atoms with van der Waals surface area (Å²) >= 11 is 0. The number of nitrogens with zero attached hydrogens (tertiary/aromatic N) is 2. The molecule has 3 aliphatic heterocycles. The highest BCUT2D eigenvalue weighted by Gasteiger charge is 2.46. The van der Waals surface area contributed by atoms with Crippen LogP contribution in [-0.4, -0.2) is 45.0 Å². The Morgan fingerprint density at radius 3 is 2.64 bits per heavy atom. The second-order valence-electron chi connectivity index (χ2n) is 11.9. The average Bonchev–Trinajstić information content (AvgIpc) is 3.39. The number of cyclic esters (lactones) is 1. The van der Waals surface area contributed by atoms with Crippen molar-refractivity contribution < 1.29 is 39.1 Å². The molecule has 1 fully saturated rings. The molecule has 1 unspecified atom stereocenters. The number of carbonyl (C=O) groups excluding carboxylic acids is 2. The number of hydrogen-bond donors (Lipinski definition) is 2. The third-order valence-corrected chi connectivity index (χ3v) is 8.09. The highest BCUT2D eigenvalue weighted by Crippen LogP contribution is 2.43. The van der Waals surface area contributed by atoms with E-state index in [0.29, 0.717) is 44.9 Å². The summed E-state index contributed by atoms with van der Waals surface area (Å²) in [7, 11) is 0. The smallest absolute Gasteiger partial charge is 0.343 e. The first-order chi connectivity index (χ1) is 21.5. The fourth-order valence-electron chi connectivity index (χ4n) is 5.88. The zero-order valence-corrected chi connectivity index (χ0v) is 23.6. The molecule has 220 valence electrons. The van der Waals surface area contributed by atoms with Crippen LogP contribution >= 0.6 is 0 Å². The number of aromatic nitrogens is 2. The van der Waals surface area contributed by atoms with Crippen LogP contribution < -0.4 is 20.3 Å². The van der Waals surface area contributed by atoms with E-state index in [2.05, 4.69) is 5.32 Å². The molecule has 2 N–H and O–H groups in total.